The number of aryl methyl sites for hydroxylation is 5. The monoisotopic (exact) mass is 356 g/mol. The molecule has 3 aromatic rings. The van der Waals surface area contributed by atoms with Crippen LogP contribution in [-0.4, -0.2) is 41.2 Å². The van der Waals surface area contributed by atoms with Gasteiger partial charge in [-0.05, 0) is 13.8 Å². The fraction of sp³-hybridized carbons (Fsp3) is 0.312. The topological polar surface area (TPSA) is 112 Å². The van der Waals surface area contributed by atoms with Gasteiger partial charge in [-0.1, -0.05) is 0 Å². The molecule has 10 nitrogen and oxygen atoms in total. The molecule has 0 saturated heterocycles. The number of carbonyl (C=O) groups excluding carboxylic acids is 2. The van der Waals surface area contributed by atoms with Crippen molar-refractivity contribution in [2.24, 2.45) is 21.1 Å². The van der Waals surface area contributed by atoms with Crippen molar-refractivity contribution in [1.29, 1.82) is 0 Å². The van der Waals surface area contributed by atoms with Crippen LogP contribution in [0.1, 0.15) is 32.4 Å². The van der Waals surface area contributed by atoms with E-state index in [-0.39, 0.29) is 17.3 Å². The highest BCUT2D eigenvalue weighted by Gasteiger charge is 2.19. The summed E-state index contributed by atoms with van der Waals surface area (Å²) in [5.74, 6) is 0.317. The molecule has 0 saturated carbocycles. The van der Waals surface area contributed by atoms with E-state index in [1.807, 2.05) is 13.8 Å². The Hall–Kier alpha value is -3.43. The Kier molecular flexibility index (Phi) is 4.33. The molecule has 3 heterocycles. The number of nitrogens with one attached hydrogen (secondary N) is 2. The number of anilines is 2. The molecule has 0 aliphatic heterocycles. The van der Waals surface area contributed by atoms with Crippen LogP contribution in [0.25, 0.3) is 0 Å². The number of hydrogen-bond acceptors (Lipinski definition) is 5. The molecule has 0 aliphatic carbocycles. The smallest absolute Gasteiger partial charge is 0.277 e. The van der Waals surface area contributed by atoms with E-state index in [4.69, 9.17) is 0 Å². The van der Waals surface area contributed by atoms with E-state index < -0.39 is 5.91 Å². The molecule has 2 amide bonds. The van der Waals surface area contributed by atoms with Gasteiger partial charge in [0, 0.05) is 39.3 Å². The van der Waals surface area contributed by atoms with Gasteiger partial charge < -0.3 is 10.6 Å². The summed E-state index contributed by atoms with van der Waals surface area (Å²) in [7, 11) is 5.07. The highest BCUT2D eigenvalue weighted by Crippen LogP contribution is 2.13. The number of carbonyl (C=O) groups is 2. The standard InChI is InChI=1S/C16H20N8O2/c1-9-6-13(23(4)19-9)17-15(25)11-8-12(22(3)21-11)16(26)18-14-7-10(2)20-24(14)5/h6-8H,1-5H3,(H,17,25)(H,18,26). The molecule has 2 N–H and O–H groups in total. The van der Waals surface area contributed by atoms with E-state index in [1.165, 1.54) is 10.7 Å². The van der Waals surface area contributed by atoms with E-state index in [2.05, 4.69) is 25.9 Å². The molecule has 0 aromatic carbocycles. The lowest BCUT2D eigenvalue weighted by Crippen LogP contribution is -2.17. The second-order valence-corrected chi connectivity index (χ2v) is 6.04. The average Bonchev–Trinajstić information content (AvgIpc) is 3.18. The molecule has 10 heteroatoms. The molecular weight excluding hydrogens is 336 g/mol. The van der Waals surface area contributed by atoms with Crippen molar-refractivity contribution in [1.82, 2.24) is 29.3 Å². The molecule has 0 spiro atoms. The maximum absolute atomic E-state index is 12.5. The van der Waals surface area contributed by atoms with Gasteiger partial charge in [0.2, 0.25) is 0 Å². The quantitative estimate of drug-likeness (QED) is 0.724. The van der Waals surface area contributed by atoms with Gasteiger partial charge in [0.15, 0.2) is 5.69 Å². The van der Waals surface area contributed by atoms with Gasteiger partial charge in [0.05, 0.1) is 11.4 Å². The molecule has 26 heavy (non-hydrogen) atoms. The van der Waals surface area contributed by atoms with Gasteiger partial charge in [-0.25, -0.2) is 0 Å². The zero-order valence-electron chi connectivity index (χ0n) is 15.2. The van der Waals surface area contributed by atoms with Gasteiger partial charge in [0.1, 0.15) is 17.3 Å². The molecular formula is C16H20N8O2. The van der Waals surface area contributed by atoms with Crippen molar-refractivity contribution >= 4 is 23.5 Å². The number of amides is 2. The van der Waals surface area contributed by atoms with E-state index in [1.54, 1.807) is 42.6 Å². The lowest BCUT2D eigenvalue weighted by Gasteiger charge is -2.04. The zero-order valence-corrected chi connectivity index (χ0v) is 15.2. The Bertz CT molecular complexity index is 994. The van der Waals surface area contributed by atoms with Crippen molar-refractivity contribution in [3.8, 4) is 0 Å². The van der Waals surface area contributed by atoms with Crippen LogP contribution in [0.15, 0.2) is 18.2 Å². The molecule has 136 valence electrons. The first-order valence-electron chi connectivity index (χ1n) is 7.92. The molecule has 0 radical (unpaired) electrons. The van der Waals surface area contributed by atoms with Crippen LogP contribution in [0, 0.1) is 13.8 Å². The summed E-state index contributed by atoms with van der Waals surface area (Å²) in [4.78, 5) is 24.9. The summed E-state index contributed by atoms with van der Waals surface area (Å²) in [6, 6.07) is 4.95. The van der Waals surface area contributed by atoms with Crippen LogP contribution in [0.2, 0.25) is 0 Å². The number of hydrogen-bond donors (Lipinski definition) is 2. The first-order chi connectivity index (χ1) is 12.2. The Morgan fingerprint density at radius 3 is 1.73 bits per heavy atom. The van der Waals surface area contributed by atoms with Crippen LogP contribution >= 0.6 is 0 Å². The summed E-state index contributed by atoms with van der Waals surface area (Å²) in [5.41, 5.74) is 1.97. The number of nitrogens with zero attached hydrogens (tertiary/aromatic N) is 6. The summed E-state index contributed by atoms with van der Waals surface area (Å²) < 4.78 is 4.50. The first kappa shape index (κ1) is 17.4. The summed E-state index contributed by atoms with van der Waals surface area (Å²) in [6.45, 7) is 3.67. The van der Waals surface area contributed by atoms with Crippen LogP contribution in [0.3, 0.4) is 0 Å². The van der Waals surface area contributed by atoms with Crippen molar-refractivity contribution in [2.45, 2.75) is 13.8 Å². The second kappa shape index (κ2) is 6.47. The number of rotatable bonds is 4. The molecule has 0 bridgehead atoms. The predicted molar refractivity (Wildman–Crippen MR) is 95.0 cm³/mol. The van der Waals surface area contributed by atoms with Crippen molar-refractivity contribution < 1.29 is 9.59 Å². The Morgan fingerprint density at radius 1 is 0.769 bits per heavy atom. The van der Waals surface area contributed by atoms with Gasteiger partial charge in [-0.2, -0.15) is 15.3 Å². The molecule has 0 atom stereocenters. The summed E-state index contributed by atoms with van der Waals surface area (Å²) in [5, 5.41) is 18.0. The first-order valence-corrected chi connectivity index (χ1v) is 7.92. The van der Waals surface area contributed by atoms with Crippen LogP contribution in [-0.2, 0) is 21.1 Å². The molecule has 0 aliphatic rings. The lowest BCUT2D eigenvalue weighted by atomic mass is 10.3. The SMILES string of the molecule is Cc1cc(NC(=O)c2cc(C(=O)Nc3cc(C)nn3C)n(C)n2)n(C)n1. The Labute approximate surface area is 149 Å². The van der Waals surface area contributed by atoms with Crippen molar-refractivity contribution in [2.75, 3.05) is 10.6 Å². The van der Waals surface area contributed by atoms with Gasteiger partial charge in [-0.15, -0.1) is 0 Å². The fourth-order valence-electron chi connectivity index (χ4n) is 2.61. The minimum absolute atomic E-state index is 0.137. The molecule has 0 fully saturated rings. The highest BCUT2D eigenvalue weighted by molar-refractivity contribution is 6.07. The second-order valence-electron chi connectivity index (χ2n) is 6.04. The summed E-state index contributed by atoms with van der Waals surface area (Å²) >= 11 is 0. The molecule has 0 unspecified atom stereocenters. The normalized spacial score (nSPS) is 10.8. The third-order valence-corrected chi connectivity index (χ3v) is 3.83. The minimum Gasteiger partial charge on any atom is -0.305 e. The van der Waals surface area contributed by atoms with Crippen LogP contribution < -0.4 is 10.6 Å². The Balaban J connectivity index is 1.77. The van der Waals surface area contributed by atoms with Crippen molar-refractivity contribution in [3.63, 3.8) is 0 Å². The van der Waals surface area contributed by atoms with Gasteiger partial charge in [-0.3, -0.25) is 23.6 Å². The fourth-order valence-corrected chi connectivity index (χ4v) is 2.61. The van der Waals surface area contributed by atoms with E-state index in [0.717, 1.165) is 11.4 Å². The lowest BCUT2D eigenvalue weighted by molar-refractivity contribution is 0.101. The predicted octanol–water partition coefficient (Wildman–Crippen LogP) is 1.01. The van der Waals surface area contributed by atoms with Gasteiger partial charge >= 0.3 is 0 Å². The summed E-state index contributed by atoms with van der Waals surface area (Å²) in [6.07, 6.45) is 0. The third-order valence-electron chi connectivity index (χ3n) is 3.83. The van der Waals surface area contributed by atoms with E-state index in [0.29, 0.717) is 11.6 Å². The van der Waals surface area contributed by atoms with Crippen molar-refractivity contribution in [3.05, 3.63) is 41.0 Å². The Morgan fingerprint density at radius 2 is 1.27 bits per heavy atom. The maximum Gasteiger partial charge on any atom is 0.277 e. The zero-order chi connectivity index (χ0) is 19.0. The van der Waals surface area contributed by atoms with Crippen LogP contribution in [0.4, 0.5) is 11.6 Å². The van der Waals surface area contributed by atoms with E-state index >= 15 is 0 Å². The van der Waals surface area contributed by atoms with Gasteiger partial charge in [0.25, 0.3) is 11.8 Å². The van der Waals surface area contributed by atoms with E-state index in [9.17, 15) is 9.59 Å². The maximum atomic E-state index is 12.5. The third kappa shape index (κ3) is 3.34. The largest absolute Gasteiger partial charge is 0.305 e. The highest BCUT2D eigenvalue weighted by atomic mass is 16.2. The van der Waals surface area contributed by atoms with Crippen LogP contribution in [0.5, 0.6) is 0 Å². The number of aromatic nitrogens is 6. The minimum atomic E-state index is -0.418. The molecule has 3 rings (SSSR count). The average molecular weight is 356 g/mol. The molecule has 3 aromatic heterocycles.